The van der Waals surface area contributed by atoms with E-state index in [-0.39, 0.29) is 5.91 Å². The van der Waals surface area contributed by atoms with E-state index in [1.165, 1.54) is 0 Å². The minimum Gasteiger partial charge on any atom is -0.367 e. The van der Waals surface area contributed by atoms with Crippen LogP contribution in [0.5, 0.6) is 0 Å². The molecule has 0 radical (unpaired) electrons. The maximum atomic E-state index is 12.2. The second-order valence-corrected chi connectivity index (χ2v) is 6.07. The van der Waals surface area contributed by atoms with Crippen LogP contribution in [0.25, 0.3) is 0 Å². The molecule has 0 atom stereocenters. The first kappa shape index (κ1) is 16.6. The van der Waals surface area contributed by atoms with Crippen molar-refractivity contribution in [3.05, 3.63) is 53.2 Å². The van der Waals surface area contributed by atoms with Gasteiger partial charge in [0.15, 0.2) is 0 Å². The first-order chi connectivity index (χ1) is 11.7. The molecule has 1 N–H and O–H groups in total. The van der Waals surface area contributed by atoms with Crippen LogP contribution in [-0.2, 0) is 0 Å². The molecule has 6 heteroatoms. The van der Waals surface area contributed by atoms with Crippen molar-refractivity contribution in [2.24, 2.45) is 0 Å². The molecule has 1 fully saturated rings. The number of carbonyl (C=O) groups is 1. The number of carbonyl (C=O) groups excluding carboxylic acids is 1. The number of hydrogen-bond donors (Lipinski definition) is 1. The molecular formula is C18H21ClN4O. The number of halogens is 1. The molecule has 0 bridgehead atoms. The van der Waals surface area contributed by atoms with E-state index in [4.69, 9.17) is 11.6 Å². The molecule has 2 aromatic rings. The number of rotatable bonds is 4. The first-order valence-corrected chi connectivity index (χ1v) is 8.56. The third kappa shape index (κ3) is 3.46. The Hall–Kier alpha value is -2.27. The van der Waals surface area contributed by atoms with Crippen molar-refractivity contribution in [1.82, 2.24) is 10.3 Å². The van der Waals surface area contributed by atoms with E-state index in [2.05, 4.69) is 20.1 Å². The molecule has 0 unspecified atom stereocenters. The fourth-order valence-electron chi connectivity index (χ4n) is 2.95. The Kier molecular flexibility index (Phi) is 5.20. The summed E-state index contributed by atoms with van der Waals surface area (Å²) in [5, 5.41) is 3.62. The largest absolute Gasteiger partial charge is 0.367 e. The maximum absolute atomic E-state index is 12.2. The summed E-state index contributed by atoms with van der Waals surface area (Å²) in [4.78, 5) is 21.1. The van der Waals surface area contributed by atoms with E-state index in [0.717, 1.165) is 42.7 Å². The summed E-state index contributed by atoms with van der Waals surface area (Å²) < 4.78 is 0. The quantitative estimate of drug-likeness (QED) is 0.926. The molecule has 2 heterocycles. The SMILES string of the molecule is CCNC(=O)c1cccnc1N1CCN(c2ccccc2Cl)CC1. The van der Waals surface area contributed by atoms with Gasteiger partial charge in [0.1, 0.15) is 5.82 Å². The Bertz CT molecular complexity index is 714. The molecule has 1 aromatic carbocycles. The second-order valence-electron chi connectivity index (χ2n) is 5.66. The number of amides is 1. The Labute approximate surface area is 147 Å². The molecule has 1 aliphatic heterocycles. The van der Waals surface area contributed by atoms with Gasteiger partial charge in [-0.1, -0.05) is 23.7 Å². The molecule has 0 spiro atoms. The summed E-state index contributed by atoms with van der Waals surface area (Å²) in [6.07, 6.45) is 1.73. The number of anilines is 2. The number of aromatic nitrogens is 1. The van der Waals surface area contributed by atoms with Crippen molar-refractivity contribution in [3.63, 3.8) is 0 Å². The van der Waals surface area contributed by atoms with Crippen molar-refractivity contribution in [1.29, 1.82) is 0 Å². The van der Waals surface area contributed by atoms with Gasteiger partial charge in [-0.3, -0.25) is 4.79 Å². The fourth-order valence-corrected chi connectivity index (χ4v) is 3.20. The number of pyridine rings is 1. The molecule has 0 aliphatic carbocycles. The lowest BCUT2D eigenvalue weighted by molar-refractivity contribution is 0.0956. The summed E-state index contributed by atoms with van der Waals surface area (Å²) in [6, 6.07) is 11.5. The van der Waals surface area contributed by atoms with Gasteiger partial charge in [-0.2, -0.15) is 0 Å². The molecule has 126 valence electrons. The molecule has 24 heavy (non-hydrogen) atoms. The van der Waals surface area contributed by atoms with E-state index in [1.807, 2.05) is 37.3 Å². The molecular weight excluding hydrogens is 324 g/mol. The predicted molar refractivity (Wildman–Crippen MR) is 98.1 cm³/mol. The normalized spacial score (nSPS) is 14.6. The Morgan fingerprint density at radius 3 is 2.54 bits per heavy atom. The zero-order valence-corrected chi connectivity index (χ0v) is 14.5. The van der Waals surface area contributed by atoms with Gasteiger partial charge in [-0.15, -0.1) is 0 Å². The summed E-state index contributed by atoms with van der Waals surface area (Å²) in [6.45, 7) is 5.80. The number of para-hydroxylation sites is 1. The molecule has 5 nitrogen and oxygen atoms in total. The van der Waals surface area contributed by atoms with Crippen LogP contribution in [0.4, 0.5) is 11.5 Å². The van der Waals surface area contributed by atoms with Crippen LogP contribution in [0.2, 0.25) is 5.02 Å². The van der Waals surface area contributed by atoms with E-state index < -0.39 is 0 Å². The monoisotopic (exact) mass is 344 g/mol. The van der Waals surface area contributed by atoms with Crippen LogP contribution in [0, 0.1) is 0 Å². The van der Waals surface area contributed by atoms with E-state index in [1.54, 1.807) is 12.3 Å². The van der Waals surface area contributed by atoms with Gasteiger partial charge in [0.05, 0.1) is 16.3 Å². The number of benzene rings is 1. The van der Waals surface area contributed by atoms with Crippen molar-refractivity contribution in [3.8, 4) is 0 Å². The Morgan fingerprint density at radius 1 is 1.12 bits per heavy atom. The van der Waals surface area contributed by atoms with Gasteiger partial charge in [-0.05, 0) is 31.2 Å². The third-order valence-electron chi connectivity index (χ3n) is 4.14. The van der Waals surface area contributed by atoms with E-state index >= 15 is 0 Å². The lowest BCUT2D eigenvalue weighted by atomic mass is 10.2. The fraction of sp³-hybridized carbons (Fsp3) is 0.333. The Morgan fingerprint density at radius 2 is 1.83 bits per heavy atom. The molecule has 0 saturated carbocycles. The summed E-state index contributed by atoms with van der Waals surface area (Å²) in [7, 11) is 0. The highest BCUT2D eigenvalue weighted by Gasteiger charge is 2.23. The summed E-state index contributed by atoms with van der Waals surface area (Å²) in [5.41, 5.74) is 1.69. The lowest BCUT2D eigenvalue weighted by Crippen LogP contribution is -2.47. The molecule has 1 aromatic heterocycles. The van der Waals surface area contributed by atoms with Gasteiger partial charge in [0.2, 0.25) is 0 Å². The van der Waals surface area contributed by atoms with Crippen LogP contribution in [0.3, 0.4) is 0 Å². The lowest BCUT2D eigenvalue weighted by Gasteiger charge is -2.37. The molecule has 1 aliphatic rings. The number of nitrogens with one attached hydrogen (secondary N) is 1. The maximum Gasteiger partial charge on any atom is 0.255 e. The van der Waals surface area contributed by atoms with Crippen LogP contribution >= 0.6 is 11.6 Å². The van der Waals surface area contributed by atoms with Crippen LogP contribution in [0.1, 0.15) is 17.3 Å². The second kappa shape index (κ2) is 7.53. The number of piperazine rings is 1. The average Bonchev–Trinajstić information content (AvgIpc) is 2.62. The van der Waals surface area contributed by atoms with Crippen molar-refractivity contribution in [2.45, 2.75) is 6.92 Å². The van der Waals surface area contributed by atoms with Crippen LogP contribution in [0.15, 0.2) is 42.6 Å². The zero-order valence-electron chi connectivity index (χ0n) is 13.7. The number of hydrogen-bond acceptors (Lipinski definition) is 4. The third-order valence-corrected chi connectivity index (χ3v) is 4.46. The predicted octanol–water partition coefficient (Wildman–Crippen LogP) is 2.81. The van der Waals surface area contributed by atoms with Gasteiger partial charge in [0.25, 0.3) is 5.91 Å². The van der Waals surface area contributed by atoms with Crippen LogP contribution < -0.4 is 15.1 Å². The minimum atomic E-state index is -0.0749. The standard InChI is InChI=1S/C18H21ClN4O/c1-2-20-18(24)14-6-5-9-21-17(14)23-12-10-22(11-13-23)16-8-4-3-7-15(16)19/h3-9H,2,10-13H2,1H3,(H,20,24). The number of nitrogens with zero attached hydrogens (tertiary/aromatic N) is 3. The first-order valence-electron chi connectivity index (χ1n) is 8.18. The molecule has 3 rings (SSSR count). The van der Waals surface area contributed by atoms with Gasteiger partial charge < -0.3 is 15.1 Å². The molecule has 1 saturated heterocycles. The van der Waals surface area contributed by atoms with Crippen molar-refractivity contribution >= 4 is 29.0 Å². The zero-order chi connectivity index (χ0) is 16.9. The van der Waals surface area contributed by atoms with E-state index in [9.17, 15) is 4.79 Å². The molecule has 1 amide bonds. The van der Waals surface area contributed by atoms with Gasteiger partial charge in [0, 0.05) is 38.9 Å². The minimum absolute atomic E-state index is 0.0749. The summed E-state index contributed by atoms with van der Waals surface area (Å²) in [5.74, 6) is 0.677. The highest BCUT2D eigenvalue weighted by molar-refractivity contribution is 6.33. The summed E-state index contributed by atoms with van der Waals surface area (Å²) >= 11 is 6.29. The average molecular weight is 345 g/mol. The van der Waals surface area contributed by atoms with Crippen LogP contribution in [-0.4, -0.2) is 43.6 Å². The van der Waals surface area contributed by atoms with Crippen molar-refractivity contribution in [2.75, 3.05) is 42.5 Å². The van der Waals surface area contributed by atoms with Gasteiger partial charge >= 0.3 is 0 Å². The smallest absolute Gasteiger partial charge is 0.255 e. The Balaban J connectivity index is 1.74. The van der Waals surface area contributed by atoms with Crippen molar-refractivity contribution < 1.29 is 4.79 Å². The highest BCUT2D eigenvalue weighted by Crippen LogP contribution is 2.27. The highest BCUT2D eigenvalue weighted by atomic mass is 35.5. The van der Waals surface area contributed by atoms with Gasteiger partial charge in [-0.25, -0.2) is 4.98 Å². The van der Waals surface area contributed by atoms with E-state index in [0.29, 0.717) is 12.1 Å². The topological polar surface area (TPSA) is 48.5 Å².